The van der Waals surface area contributed by atoms with Crippen LogP contribution in [0.1, 0.15) is 36.8 Å². The highest BCUT2D eigenvalue weighted by molar-refractivity contribution is 7.88. The molecule has 0 bridgehead atoms. The van der Waals surface area contributed by atoms with Gasteiger partial charge in [0, 0.05) is 18.5 Å². The maximum absolute atomic E-state index is 12.1. The molecule has 10 heteroatoms. The summed E-state index contributed by atoms with van der Waals surface area (Å²) < 4.78 is 24.8. The lowest BCUT2D eigenvalue weighted by Gasteiger charge is -2.16. The van der Waals surface area contributed by atoms with Crippen molar-refractivity contribution in [1.29, 1.82) is 5.41 Å². The summed E-state index contributed by atoms with van der Waals surface area (Å²) in [5, 5.41) is 18.7. The predicted octanol–water partition coefficient (Wildman–Crippen LogP) is 0.192. The third-order valence-corrected chi connectivity index (χ3v) is 4.49. The zero-order valence-electron chi connectivity index (χ0n) is 15.2. The number of carboxylic acid groups (broad SMARTS) is 1. The van der Waals surface area contributed by atoms with Crippen LogP contribution in [0.5, 0.6) is 0 Å². The van der Waals surface area contributed by atoms with Gasteiger partial charge in [-0.25, -0.2) is 13.1 Å². The molecule has 0 unspecified atom stereocenters. The van der Waals surface area contributed by atoms with Crippen LogP contribution in [0.25, 0.3) is 0 Å². The van der Waals surface area contributed by atoms with Crippen molar-refractivity contribution < 1.29 is 23.1 Å². The first-order valence-electron chi connectivity index (χ1n) is 8.48. The van der Waals surface area contributed by atoms with Crippen LogP contribution < -0.4 is 15.8 Å². The maximum atomic E-state index is 12.1. The number of carbonyl (C=O) groups excluding carboxylic acids is 1. The van der Waals surface area contributed by atoms with Gasteiger partial charge in [-0.1, -0.05) is 24.3 Å². The van der Waals surface area contributed by atoms with E-state index in [0.29, 0.717) is 18.5 Å². The zero-order valence-corrected chi connectivity index (χ0v) is 16.0. The molecule has 1 aromatic carbocycles. The van der Waals surface area contributed by atoms with Crippen molar-refractivity contribution in [2.45, 2.75) is 38.1 Å². The first-order valence-corrected chi connectivity index (χ1v) is 10.4. The summed E-state index contributed by atoms with van der Waals surface area (Å²) in [6.45, 7) is 0.360. The average Bonchev–Trinajstić information content (AvgIpc) is 2.57. The number of benzene rings is 1. The summed E-state index contributed by atoms with van der Waals surface area (Å²) in [6.07, 6.45) is 2.78. The minimum atomic E-state index is -3.63. The van der Waals surface area contributed by atoms with Crippen molar-refractivity contribution in [3.8, 4) is 0 Å². The highest BCUT2D eigenvalue weighted by Gasteiger charge is 2.22. The summed E-state index contributed by atoms with van der Waals surface area (Å²) in [7, 11) is -3.63. The number of nitrogens with two attached hydrogens (primary N) is 1. The first-order chi connectivity index (χ1) is 12.6. The highest BCUT2D eigenvalue weighted by atomic mass is 32.2. The number of hydrogen-bond donors (Lipinski definition) is 5. The monoisotopic (exact) mass is 398 g/mol. The summed E-state index contributed by atoms with van der Waals surface area (Å²) in [5.41, 5.74) is 7.15. The number of nitrogens with one attached hydrogen (secondary N) is 3. The Balaban J connectivity index is 2.39. The van der Waals surface area contributed by atoms with Crippen LogP contribution in [0, 0.1) is 5.41 Å². The molecule has 0 aliphatic rings. The van der Waals surface area contributed by atoms with E-state index in [4.69, 9.17) is 16.2 Å². The Labute approximate surface area is 158 Å². The molecule has 27 heavy (non-hydrogen) atoms. The number of rotatable bonds is 12. The van der Waals surface area contributed by atoms with E-state index in [1.54, 1.807) is 12.1 Å². The molecule has 0 aliphatic heterocycles. The third-order valence-electron chi connectivity index (χ3n) is 3.78. The number of carboxylic acids is 1. The molecular weight excluding hydrogens is 372 g/mol. The second-order valence-electron chi connectivity index (χ2n) is 6.23. The Morgan fingerprint density at radius 3 is 2.37 bits per heavy atom. The molecule has 0 heterocycles. The second-order valence-corrected chi connectivity index (χ2v) is 8.01. The van der Waals surface area contributed by atoms with Crippen molar-refractivity contribution in [3.63, 3.8) is 0 Å². The summed E-state index contributed by atoms with van der Waals surface area (Å²) in [6, 6.07) is 6.25. The lowest BCUT2D eigenvalue weighted by atomic mass is 10.1. The van der Waals surface area contributed by atoms with Gasteiger partial charge in [-0.2, -0.15) is 0 Å². The molecular formula is C17H26N4O5S. The molecule has 150 valence electrons. The average molecular weight is 398 g/mol. The quantitative estimate of drug-likeness (QED) is 0.192. The van der Waals surface area contributed by atoms with E-state index in [-0.39, 0.29) is 18.7 Å². The molecule has 9 nitrogen and oxygen atoms in total. The summed E-state index contributed by atoms with van der Waals surface area (Å²) in [5.74, 6) is -1.62. The SMILES string of the molecule is CS(=O)(=O)N[C@H](CCC(=O)O)C(=O)NCCCCc1ccc(C(=N)N)cc1. The number of aliphatic carboxylic acids is 1. The Bertz CT molecular complexity index is 762. The van der Waals surface area contributed by atoms with E-state index in [9.17, 15) is 18.0 Å². The Morgan fingerprint density at radius 2 is 1.85 bits per heavy atom. The smallest absolute Gasteiger partial charge is 0.303 e. The minimum Gasteiger partial charge on any atom is -0.481 e. The fraction of sp³-hybridized carbons (Fsp3) is 0.471. The van der Waals surface area contributed by atoms with Crippen molar-refractivity contribution in [2.75, 3.05) is 12.8 Å². The summed E-state index contributed by atoms with van der Waals surface area (Å²) >= 11 is 0. The van der Waals surface area contributed by atoms with Gasteiger partial charge < -0.3 is 16.2 Å². The second kappa shape index (κ2) is 10.6. The van der Waals surface area contributed by atoms with Crippen LogP contribution >= 0.6 is 0 Å². The Kier molecular flexibility index (Phi) is 8.89. The van der Waals surface area contributed by atoms with Crippen molar-refractivity contribution in [2.24, 2.45) is 5.73 Å². The lowest BCUT2D eigenvalue weighted by Crippen LogP contribution is -2.46. The van der Waals surface area contributed by atoms with E-state index < -0.39 is 27.9 Å². The fourth-order valence-corrected chi connectivity index (χ4v) is 3.15. The number of carbonyl (C=O) groups is 2. The molecule has 1 amide bonds. The number of unbranched alkanes of at least 4 members (excludes halogenated alkanes) is 1. The lowest BCUT2D eigenvalue weighted by molar-refractivity contribution is -0.137. The van der Waals surface area contributed by atoms with E-state index in [2.05, 4.69) is 10.0 Å². The third kappa shape index (κ3) is 9.71. The number of amides is 1. The molecule has 1 atom stereocenters. The van der Waals surface area contributed by atoms with Gasteiger partial charge in [0.05, 0.1) is 6.26 Å². The van der Waals surface area contributed by atoms with Gasteiger partial charge in [-0.15, -0.1) is 0 Å². The van der Waals surface area contributed by atoms with Gasteiger partial charge in [-0.3, -0.25) is 15.0 Å². The van der Waals surface area contributed by atoms with Crippen LogP contribution in [0.15, 0.2) is 24.3 Å². The predicted molar refractivity (Wildman–Crippen MR) is 102 cm³/mol. The maximum Gasteiger partial charge on any atom is 0.303 e. The van der Waals surface area contributed by atoms with Gasteiger partial charge in [-0.05, 0) is 31.2 Å². The molecule has 0 saturated carbocycles. The van der Waals surface area contributed by atoms with Crippen molar-refractivity contribution >= 4 is 27.7 Å². The summed E-state index contributed by atoms with van der Waals surface area (Å²) in [4.78, 5) is 22.8. The number of nitrogen functional groups attached to an aromatic ring is 1. The number of sulfonamides is 1. The molecule has 0 saturated heterocycles. The molecule has 0 radical (unpaired) electrons. The van der Waals surface area contributed by atoms with Gasteiger partial charge in [0.15, 0.2) is 0 Å². The van der Waals surface area contributed by atoms with Gasteiger partial charge in [0.25, 0.3) is 0 Å². The molecule has 0 spiro atoms. The number of aryl methyl sites for hydroxylation is 1. The van der Waals surface area contributed by atoms with E-state index in [0.717, 1.165) is 24.7 Å². The molecule has 0 aromatic heterocycles. The Hall–Kier alpha value is -2.46. The largest absolute Gasteiger partial charge is 0.481 e. The minimum absolute atomic E-state index is 0.0180. The van der Waals surface area contributed by atoms with E-state index in [1.807, 2.05) is 12.1 Å². The van der Waals surface area contributed by atoms with Crippen LogP contribution in [0.2, 0.25) is 0 Å². The molecule has 0 aliphatic carbocycles. The van der Waals surface area contributed by atoms with Crippen LogP contribution in [0.3, 0.4) is 0 Å². The fourth-order valence-electron chi connectivity index (χ4n) is 2.41. The molecule has 6 N–H and O–H groups in total. The topological polar surface area (TPSA) is 162 Å². The van der Waals surface area contributed by atoms with Gasteiger partial charge in [0.2, 0.25) is 15.9 Å². The first kappa shape index (κ1) is 22.6. The van der Waals surface area contributed by atoms with Gasteiger partial charge in [0.1, 0.15) is 11.9 Å². The van der Waals surface area contributed by atoms with Crippen molar-refractivity contribution in [1.82, 2.24) is 10.0 Å². The van der Waals surface area contributed by atoms with Crippen LogP contribution in [-0.4, -0.2) is 50.1 Å². The Morgan fingerprint density at radius 1 is 1.22 bits per heavy atom. The number of amidine groups is 1. The van der Waals surface area contributed by atoms with Gasteiger partial charge >= 0.3 is 5.97 Å². The van der Waals surface area contributed by atoms with E-state index >= 15 is 0 Å². The van der Waals surface area contributed by atoms with E-state index in [1.165, 1.54) is 0 Å². The molecule has 0 fully saturated rings. The standard InChI is InChI=1S/C17H26N4O5S/c1-27(25,26)21-14(9-10-15(22)23)17(24)20-11-3-2-4-12-5-7-13(8-6-12)16(18)19/h5-8,14,21H,2-4,9-11H2,1H3,(H3,18,19)(H,20,24)(H,22,23)/t14-/m1/s1. The van der Waals surface area contributed by atoms with Crippen LogP contribution in [-0.2, 0) is 26.0 Å². The number of hydrogen-bond acceptors (Lipinski definition) is 5. The zero-order chi connectivity index (χ0) is 20.4. The van der Waals surface area contributed by atoms with Crippen LogP contribution in [0.4, 0.5) is 0 Å². The molecule has 1 aromatic rings. The normalized spacial score (nSPS) is 12.3. The highest BCUT2D eigenvalue weighted by Crippen LogP contribution is 2.07. The van der Waals surface area contributed by atoms with Crippen molar-refractivity contribution in [3.05, 3.63) is 35.4 Å². The molecule has 1 rings (SSSR count).